The van der Waals surface area contributed by atoms with Crippen molar-refractivity contribution in [3.63, 3.8) is 0 Å². The zero-order valence-corrected chi connectivity index (χ0v) is 10.3. The summed E-state index contributed by atoms with van der Waals surface area (Å²) in [4.78, 5) is 6.65. The highest BCUT2D eigenvalue weighted by molar-refractivity contribution is 7.90. The number of nitrogens with one attached hydrogen (secondary N) is 3. The highest BCUT2D eigenvalue weighted by Crippen LogP contribution is 1.99. The number of nitrogens with zero attached hydrogens (tertiary/aromatic N) is 1. The fourth-order valence-corrected chi connectivity index (χ4v) is 2.14. The Hall–Kier alpha value is -0.920. The van der Waals surface area contributed by atoms with Crippen LogP contribution < -0.4 is 10.0 Å². The molecule has 16 heavy (non-hydrogen) atoms. The topological polar surface area (TPSA) is 86.9 Å². The Morgan fingerprint density at radius 2 is 2.31 bits per heavy atom. The molecule has 0 aliphatic heterocycles. The van der Waals surface area contributed by atoms with Crippen molar-refractivity contribution in [2.45, 2.75) is 25.6 Å². The molecule has 0 aliphatic carbocycles. The number of H-pyrrole nitrogens is 1. The molecule has 0 saturated heterocycles. The van der Waals surface area contributed by atoms with Gasteiger partial charge in [-0.05, 0) is 13.5 Å². The number of imidazole rings is 1. The summed E-state index contributed by atoms with van der Waals surface area (Å²) < 4.78 is 26.0. The van der Waals surface area contributed by atoms with Gasteiger partial charge in [0.15, 0.2) is 0 Å². The van der Waals surface area contributed by atoms with E-state index in [2.05, 4.69) is 20.0 Å². The molecule has 0 bridgehead atoms. The summed E-state index contributed by atoms with van der Waals surface area (Å²) in [6.45, 7) is 5.09. The monoisotopic (exact) mass is 246 g/mol. The molecule has 0 fully saturated rings. The summed E-state index contributed by atoms with van der Waals surface area (Å²) in [6.07, 6.45) is 3.11. The molecule has 0 spiro atoms. The predicted octanol–water partition coefficient (Wildman–Crippen LogP) is -0.173. The van der Waals surface area contributed by atoms with Crippen LogP contribution in [0.25, 0.3) is 0 Å². The standard InChI is InChI=1S/C9H18N4O2S/c1-3-10-4-8(2)16(14,15)13-6-9-5-11-7-12-9/h5,7-8,10,13H,3-4,6H2,1-2H3,(H,11,12). The van der Waals surface area contributed by atoms with Crippen LogP contribution in [0.1, 0.15) is 19.5 Å². The van der Waals surface area contributed by atoms with Gasteiger partial charge in [-0.15, -0.1) is 0 Å². The third kappa shape index (κ3) is 3.92. The van der Waals surface area contributed by atoms with E-state index < -0.39 is 15.3 Å². The number of hydrogen-bond acceptors (Lipinski definition) is 4. The van der Waals surface area contributed by atoms with Crippen LogP contribution in [-0.2, 0) is 16.6 Å². The maximum Gasteiger partial charge on any atom is 0.215 e. The lowest BCUT2D eigenvalue weighted by atomic mass is 10.5. The van der Waals surface area contributed by atoms with Crippen LogP contribution in [0.3, 0.4) is 0 Å². The van der Waals surface area contributed by atoms with Crippen LogP contribution >= 0.6 is 0 Å². The smallest absolute Gasteiger partial charge is 0.215 e. The van der Waals surface area contributed by atoms with Gasteiger partial charge in [0.1, 0.15) is 0 Å². The summed E-state index contributed by atoms with van der Waals surface area (Å²) >= 11 is 0. The van der Waals surface area contributed by atoms with Crippen LogP contribution in [0, 0.1) is 0 Å². The molecule has 0 aromatic carbocycles. The third-order valence-electron chi connectivity index (χ3n) is 2.23. The molecule has 7 heteroatoms. The molecular formula is C9H18N4O2S. The van der Waals surface area contributed by atoms with Gasteiger partial charge in [-0.1, -0.05) is 6.92 Å². The number of aromatic amines is 1. The first-order valence-electron chi connectivity index (χ1n) is 5.22. The van der Waals surface area contributed by atoms with E-state index >= 15 is 0 Å². The van der Waals surface area contributed by atoms with Crippen LogP contribution in [0.4, 0.5) is 0 Å². The molecule has 1 aromatic rings. The van der Waals surface area contributed by atoms with Gasteiger partial charge in [-0.2, -0.15) is 0 Å². The van der Waals surface area contributed by atoms with Crippen molar-refractivity contribution in [3.8, 4) is 0 Å². The van der Waals surface area contributed by atoms with Gasteiger partial charge < -0.3 is 10.3 Å². The molecular weight excluding hydrogens is 228 g/mol. The minimum absolute atomic E-state index is 0.249. The largest absolute Gasteiger partial charge is 0.347 e. The molecule has 0 amide bonds. The zero-order chi connectivity index (χ0) is 12.0. The molecule has 3 N–H and O–H groups in total. The summed E-state index contributed by atoms with van der Waals surface area (Å²) in [5.74, 6) is 0. The van der Waals surface area contributed by atoms with E-state index in [1.54, 1.807) is 13.1 Å². The molecule has 1 rings (SSSR count). The zero-order valence-electron chi connectivity index (χ0n) is 9.53. The quantitative estimate of drug-likeness (QED) is 0.623. The van der Waals surface area contributed by atoms with Gasteiger partial charge >= 0.3 is 0 Å². The number of aromatic nitrogens is 2. The Bertz CT molecular complexity index is 388. The van der Waals surface area contributed by atoms with Crippen LogP contribution in [0.5, 0.6) is 0 Å². The SMILES string of the molecule is CCNCC(C)S(=O)(=O)NCc1cnc[nH]1. The Balaban J connectivity index is 2.45. The second-order valence-corrected chi connectivity index (χ2v) is 5.74. The average Bonchev–Trinajstić information content (AvgIpc) is 2.76. The van der Waals surface area contributed by atoms with E-state index in [1.807, 2.05) is 6.92 Å². The van der Waals surface area contributed by atoms with Gasteiger partial charge in [0, 0.05) is 18.4 Å². The van der Waals surface area contributed by atoms with Crippen molar-refractivity contribution in [1.29, 1.82) is 0 Å². The molecule has 1 unspecified atom stereocenters. The van der Waals surface area contributed by atoms with Crippen molar-refractivity contribution >= 4 is 10.0 Å². The van der Waals surface area contributed by atoms with Crippen molar-refractivity contribution in [1.82, 2.24) is 20.0 Å². The highest BCUT2D eigenvalue weighted by atomic mass is 32.2. The summed E-state index contributed by atoms with van der Waals surface area (Å²) in [7, 11) is -3.27. The lowest BCUT2D eigenvalue weighted by Gasteiger charge is -2.13. The minimum atomic E-state index is -3.27. The lowest BCUT2D eigenvalue weighted by Crippen LogP contribution is -2.38. The summed E-state index contributed by atoms with van der Waals surface area (Å²) in [5.41, 5.74) is 0.749. The fraction of sp³-hybridized carbons (Fsp3) is 0.667. The van der Waals surface area contributed by atoms with Crippen LogP contribution in [0.15, 0.2) is 12.5 Å². The van der Waals surface area contributed by atoms with Crippen molar-refractivity contribution in [3.05, 3.63) is 18.2 Å². The first-order valence-corrected chi connectivity index (χ1v) is 6.77. The normalized spacial score (nSPS) is 13.9. The van der Waals surface area contributed by atoms with E-state index in [4.69, 9.17) is 0 Å². The molecule has 0 saturated carbocycles. The second kappa shape index (κ2) is 5.97. The Morgan fingerprint density at radius 1 is 1.56 bits per heavy atom. The van der Waals surface area contributed by atoms with Crippen LogP contribution in [-0.4, -0.2) is 36.7 Å². The molecule has 92 valence electrons. The molecule has 1 heterocycles. The van der Waals surface area contributed by atoms with Gasteiger partial charge in [-0.3, -0.25) is 0 Å². The molecule has 1 atom stereocenters. The third-order valence-corrected chi connectivity index (χ3v) is 4.00. The van der Waals surface area contributed by atoms with E-state index in [1.165, 1.54) is 6.33 Å². The summed E-state index contributed by atoms with van der Waals surface area (Å²) in [5, 5.41) is 2.56. The molecule has 0 aliphatic rings. The molecule has 1 aromatic heterocycles. The molecule has 6 nitrogen and oxygen atoms in total. The highest BCUT2D eigenvalue weighted by Gasteiger charge is 2.19. The second-order valence-electron chi connectivity index (χ2n) is 3.56. The lowest BCUT2D eigenvalue weighted by molar-refractivity contribution is 0.559. The van der Waals surface area contributed by atoms with E-state index in [0.29, 0.717) is 6.54 Å². The average molecular weight is 246 g/mol. The van der Waals surface area contributed by atoms with Gasteiger partial charge in [0.25, 0.3) is 0 Å². The summed E-state index contributed by atoms with van der Waals surface area (Å²) in [6, 6.07) is 0. The van der Waals surface area contributed by atoms with Gasteiger partial charge in [0.05, 0.1) is 18.1 Å². The minimum Gasteiger partial charge on any atom is -0.347 e. The van der Waals surface area contributed by atoms with Gasteiger partial charge in [-0.25, -0.2) is 18.1 Å². The van der Waals surface area contributed by atoms with Crippen molar-refractivity contribution in [2.75, 3.05) is 13.1 Å². The van der Waals surface area contributed by atoms with Crippen molar-refractivity contribution < 1.29 is 8.42 Å². The van der Waals surface area contributed by atoms with Crippen molar-refractivity contribution in [2.24, 2.45) is 0 Å². The number of rotatable bonds is 7. The first-order chi connectivity index (χ1) is 7.56. The Kier molecular flexibility index (Phi) is 4.91. The Morgan fingerprint density at radius 3 is 2.88 bits per heavy atom. The van der Waals surface area contributed by atoms with E-state index in [-0.39, 0.29) is 6.54 Å². The maximum atomic E-state index is 11.7. The first kappa shape index (κ1) is 13.1. The molecule has 0 radical (unpaired) electrons. The van der Waals surface area contributed by atoms with E-state index in [0.717, 1.165) is 12.2 Å². The number of hydrogen-bond donors (Lipinski definition) is 3. The maximum absolute atomic E-state index is 11.7. The predicted molar refractivity (Wildman–Crippen MR) is 62.4 cm³/mol. The Labute approximate surface area is 95.9 Å². The van der Waals surface area contributed by atoms with E-state index in [9.17, 15) is 8.42 Å². The van der Waals surface area contributed by atoms with Crippen LogP contribution in [0.2, 0.25) is 0 Å². The fourth-order valence-electron chi connectivity index (χ4n) is 1.16. The number of sulfonamides is 1. The van der Waals surface area contributed by atoms with Gasteiger partial charge in [0.2, 0.25) is 10.0 Å².